The van der Waals surface area contributed by atoms with Gasteiger partial charge in [-0.05, 0) is 30.5 Å². The Labute approximate surface area is 124 Å². The standard InChI is InChI=1S/C15H22N2O2S/c1-19-9-8-16-10-12-2-6-14(7-3-12)20-11-15(18)17-13-4-5-13/h2-3,6-7,13,16H,4-5,8-11H2,1H3,(H,17,18). The van der Waals surface area contributed by atoms with Crippen LogP contribution in [0.5, 0.6) is 0 Å². The first-order chi connectivity index (χ1) is 9.78. The normalized spacial score (nSPS) is 14.2. The number of carbonyl (C=O) groups is 1. The predicted octanol–water partition coefficient (Wildman–Crippen LogP) is 1.79. The van der Waals surface area contributed by atoms with Gasteiger partial charge in [-0.1, -0.05) is 12.1 Å². The fraction of sp³-hybridized carbons (Fsp3) is 0.533. The van der Waals surface area contributed by atoms with Gasteiger partial charge < -0.3 is 15.4 Å². The molecule has 0 aromatic heterocycles. The van der Waals surface area contributed by atoms with Gasteiger partial charge in [0.05, 0.1) is 12.4 Å². The summed E-state index contributed by atoms with van der Waals surface area (Å²) in [5.41, 5.74) is 1.24. The number of hydrogen-bond donors (Lipinski definition) is 2. The summed E-state index contributed by atoms with van der Waals surface area (Å²) in [5, 5.41) is 6.30. The fourth-order valence-corrected chi connectivity index (χ4v) is 2.47. The zero-order valence-electron chi connectivity index (χ0n) is 11.9. The Hall–Kier alpha value is -1.04. The Balaban J connectivity index is 1.66. The number of nitrogens with one attached hydrogen (secondary N) is 2. The average molecular weight is 294 g/mol. The molecule has 1 fully saturated rings. The van der Waals surface area contributed by atoms with E-state index in [1.165, 1.54) is 5.56 Å². The molecule has 0 radical (unpaired) electrons. The molecule has 4 nitrogen and oxygen atoms in total. The number of benzene rings is 1. The van der Waals surface area contributed by atoms with Gasteiger partial charge in [0, 0.05) is 31.1 Å². The molecule has 110 valence electrons. The molecule has 1 aromatic rings. The molecular formula is C15H22N2O2S. The third-order valence-electron chi connectivity index (χ3n) is 3.05. The van der Waals surface area contributed by atoms with Gasteiger partial charge >= 0.3 is 0 Å². The summed E-state index contributed by atoms with van der Waals surface area (Å²) in [7, 11) is 1.70. The van der Waals surface area contributed by atoms with Gasteiger partial charge in [-0.25, -0.2) is 0 Å². The first-order valence-corrected chi connectivity index (χ1v) is 7.97. The summed E-state index contributed by atoms with van der Waals surface area (Å²) in [6.45, 7) is 2.43. The highest BCUT2D eigenvalue weighted by molar-refractivity contribution is 8.00. The number of thioether (sulfide) groups is 1. The summed E-state index contributed by atoms with van der Waals surface area (Å²) < 4.78 is 4.98. The molecule has 1 aliphatic rings. The van der Waals surface area contributed by atoms with Crippen molar-refractivity contribution in [2.24, 2.45) is 0 Å². The highest BCUT2D eigenvalue weighted by atomic mass is 32.2. The SMILES string of the molecule is COCCNCc1ccc(SCC(=O)NC2CC2)cc1. The Kier molecular flexibility index (Phi) is 6.36. The number of ether oxygens (including phenoxy) is 1. The summed E-state index contributed by atoms with van der Waals surface area (Å²) in [4.78, 5) is 12.7. The molecule has 0 atom stereocenters. The van der Waals surface area contributed by atoms with Crippen LogP contribution in [-0.4, -0.2) is 38.0 Å². The van der Waals surface area contributed by atoms with Gasteiger partial charge in [0.2, 0.25) is 5.91 Å². The molecule has 2 N–H and O–H groups in total. The van der Waals surface area contributed by atoms with E-state index in [4.69, 9.17) is 4.74 Å². The van der Waals surface area contributed by atoms with Gasteiger partial charge in [0.15, 0.2) is 0 Å². The number of hydrogen-bond acceptors (Lipinski definition) is 4. The second-order valence-corrected chi connectivity index (χ2v) is 5.99. The molecule has 0 unspecified atom stereocenters. The summed E-state index contributed by atoms with van der Waals surface area (Å²) in [6.07, 6.45) is 2.28. The average Bonchev–Trinajstić information content (AvgIpc) is 3.26. The van der Waals surface area contributed by atoms with Gasteiger partial charge in [-0.15, -0.1) is 11.8 Å². The lowest BCUT2D eigenvalue weighted by atomic mass is 10.2. The molecule has 1 amide bonds. The summed E-state index contributed by atoms with van der Waals surface area (Å²) >= 11 is 1.59. The molecular weight excluding hydrogens is 272 g/mol. The summed E-state index contributed by atoms with van der Waals surface area (Å²) in [5.74, 6) is 0.643. The van der Waals surface area contributed by atoms with Crippen molar-refractivity contribution in [2.45, 2.75) is 30.3 Å². The molecule has 0 spiro atoms. The number of methoxy groups -OCH3 is 1. The minimum Gasteiger partial charge on any atom is -0.383 e. The smallest absolute Gasteiger partial charge is 0.230 e. The van der Waals surface area contributed by atoms with E-state index in [1.807, 2.05) is 0 Å². The molecule has 0 aliphatic heterocycles. The predicted molar refractivity (Wildman–Crippen MR) is 81.9 cm³/mol. The van der Waals surface area contributed by atoms with Crippen molar-refractivity contribution >= 4 is 17.7 Å². The van der Waals surface area contributed by atoms with Crippen LogP contribution in [0.1, 0.15) is 18.4 Å². The molecule has 2 rings (SSSR count). The number of rotatable bonds is 9. The Morgan fingerprint density at radius 3 is 2.75 bits per heavy atom. The van der Waals surface area contributed by atoms with E-state index in [2.05, 4.69) is 34.9 Å². The molecule has 1 aromatic carbocycles. The lowest BCUT2D eigenvalue weighted by Crippen LogP contribution is -2.26. The van der Waals surface area contributed by atoms with Crippen LogP contribution >= 0.6 is 11.8 Å². The highest BCUT2D eigenvalue weighted by Gasteiger charge is 2.22. The fourth-order valence-electron chi connectivity index (χ4n) is 1.76. The van der Waals surface area contributed by atoms with Gasteiger partial charge in [-0.2, -0.15) is 0 Å². The number of amides is 1. The molecule has 0 heterocycles. The minimum atomic E-state index is 0.141. The van der Waals surface area contributed by atoms with E-state index in [1.54, 1.807) is 18.9 Å². The zero-order chi connectivity index (χ0) is 14.2. The zero-order valence-corrected chi connectivity index (χ0v) is 12.7. The number of carbonyl (C=O) groups excluding carboxylic acids is 1. The van der Waals surface area contributed by atoms with Crippen LogP contribution in [-0.2, 0) is 16.1 Å². The van der Waals surface area contributed by atoms with Gasteiger partial charge in [0.1, 0.15) is 0 Å². The van der Waals surface area contributed by atoms with Crippen LogP contribution in [0.2, 0.25) is 0 Å². The van der Waals surface area contributed by atoms with Crippen molar-refractivity contribution in [1.82, 2.24) is 10.6 Å². The molecule has 1 saturated carbocycles. The van der Waals surface area contributed by atoms with Crippen LogP contribution in [0.15, 0.2) is 29.2 Å². The monoisotopic (exact) mass is 294 g/mol. The van der Waals surface area contributed by atoms with Crippen molar-refractivity contribution < 1.29 is 9.53 Å². The Morgan fingerprint density at radius 1 is 1.35 bits per heavy atom. The van der Waals surface area contributed by atoms with E-state index >= 15 is 0 Å². The Bertz CT molecular complexity index is 418. The highest BCUT2D eigenvalue weighted by Crippen LogP contribution is 2.21. The third kappa shape index (κ3) is 5.94. The maximum absolute atomic E-state index is 11.6. The first kappa shape index (κ1) is 15.4. The summed E-state index contributed by atoms with van der Waals surface area (Å²) in [6, 6.07) is 8.79. The van der Waals surface area contributed by atoms with Crippen LogP contribution in [0, 0.1) is 0 Å². The van der Waals surface area contributed by atoms with E-state index in [9.17, 15) is 4.79 Å². The quantitative estimate of drug-likeness (QED) is 0.538. The van der Waals surface area contributed by atoms with E-state index in [0.717, 1.165) is 37.4 Å². The van der Waals surface area contributed by atoms with Gasteiger partial charge in [0.25, 0.3) is 0 Å². The minimum absolute atomic E-state index is 0.141. The van der Waals surface area contributed by atoms with E-state index in [0.29, 0.717) is 11.8 Å². The maximum Gasteiger partial charge on any atom is 0.230 e. The van der Waals surface area contributed by atoms with Crippen LogP contribution in [0.3, 0.4) is 0 Å². The van der Waals surface area contributed by atoms with Crippen molar-refractivity contribution in [1.29, 1.82) is 0 Å². The van der Waals surface area contributed by atoms with Crippen molar-refractivity contribution in [2.75, 3.05) is 26.0 Å². The second-order valence-electron chi connectivity index (χ2n) is 4.94. The van der Waals surface area contributed by atoms with Crippen LogP contribution in [0.25, 0.3) is 0 Å². The van der Waals surface area contributed by atoms with Crippen molar-refractivity contribution in [3.63, 3.8) is 0 Å². The molecule has 0 bridgehead atoms. The molecule has 5 heteroatoms. The van der Waals surface area contributed by atoms with Gasteiger partial charge in [-0.3, -0.25) is 4.79 Å². The van der Waals surface area contributed by atoms with Crippen LogP contribution < -0.4 is 10.6 Å². The first-order valence-electron chi connectivity index (χ1n) is 6.98. The topological polar surface area (TPSA) is 50.4 Å². The Morgan fingerprint density at radius 2 is 2.10 bits per heavy atom. The van der Waals surface area contributed by atoms with E-state index in [-0.39, 0.29) is 5.91 Å². The third-order valence-corrected chi connectivity index (χ3v) is 4.06. The van der Waals surface area contributed by atoms with Crippen molar-refractivity contribution in [3.8, 4) is 0 Å². The molecule has 0 saturated heterocycles. The van der Waals surface area contributed by atoms with Crippen LogP contribution in [0.4, 0.5) is 0 Å². The largest absolute Gasteiger partial charge is 0.383 e. The lowest BCUT2D eigenvalue weighted by Gasteiger charge is -2.06. The molecule has 1 aliphatic carbocycles. The second kappa shape index (κ2) is 8.29. The molecule has 20 heavy (non-hydrogen) atoms. The van der Waals surface area contributed by atoms with E-state index < -0.39 is 0 Å². The lowest BCUT2D eigenvalue weighted by molar-refractivity contribution is -0.118. The maximum atomic E-state index is 11.6. The van der Waals surface area contributed by atoms with Crippen molar-refractivity contribution in [3.05, 3.63) is 29.8 Å².